The molecule has 1 aromatic rings. The van der Waals surface area contributed by atoms with E-state index in [0.717, 1.165) is 24.0 Å². The maximum absolute atomic E-state index is 10.3. The normalized spacial score (nSPS) is 24.1. The van der Waals surface area contributed by atoms with Crippen molar-refractivity contribution in [2.45, 2.75) is 25.3 Å². The van der Waals surface area contributed by atoms with Gasteiger partial charge in [0.05, 0.1) is 5.54 Å². The number of aromatic hydroxyl groups is 1. The number of aliphatic imine (C=N–C) groups is 1. The first-order chi connectivity index (χ1) is 6.67. The third-order valence-corrected chi connectivity index (χ3v) is 2.89. The van der Waals surface area contributed by atoms with E-state index in [1.54, 1.807) is 18.2 Å². The first-order valence-electron chi connectivity index (χ1n) is 4.58. The Kier molecular flexibility index (Phi) is 1.90. The second-order valence-electron chi connectivity index (χ2n) is 3.78. The van der Waals surface area contributed by atoms with E-state index in [9.17, 15) is 9.90 Å². The van der Waals surface area contributed by atoms with Gasteiger partial charge in [-0.05, 0) is 37.0 Å². The van der Waals surface area contributed by atoms with Gasteiger partial charge in [-0.25, -0.2) is 4.79 Å². The number of hydrogen-bond acceptors (Lipinski definition) is 3. The van der Waals surface area contributed by atoms with Crippen LogP contribution in [-0.2, 0) is 16.8 Å². The van der Waals surface area contributed by atoms with Gasteiger partial charge in [0.1, 0.15) is 5.75 Å². The van der Waals surface area contributed by atoms with E-state index in [1.165, 1.54) is 0 Å². The van der Waals surface area contributed by atoms with Gasteiger partial charge >= 0.3 is 0 Å². The fourth-order valence-corrected chi connectivity index (χ4v) is 2.06. The zero-order valence-corrected chi connectivity index (χ0v) is 7.95. The SMILES string of the molecule is CC1(N=C=O)CCc2c(O)cccc21. The predicted molar refractivity (Wildman–Crippen MR) is 51.9 cm³/mol. The first-order valence-corrected chi connectivity index (χ1v) is 4.58. The molecule has 1 N–H and O–H groups in total. The molecule has 3 heteroatoms. The van der Waals surface area contributed by atoms with Crippen LogP contribution in [0.2, 0.25) is 0 Å². The number of phenols is 1. The van der Waals surface area contributed by atoms with Crippen LogP contribution in [0.1, 0.15) is 24.5 Å². The smallest absolute Gasteiger partial charge is 0.235 e. The molecule has 0 fully saturated rings. The van der Waals surface area contributed by atoms with Gasteiger partial charge < -0.3 is 5.11 Å². The summed E-state index contributed by atoms with van der Waals surface area (Å²) in [5.41, 5.74) is 1.37. The van der Waals surface area contributed by atoms with E-state index in [-0.39, 0.29) is 0 Å². The van der Waals surface area contributed by atoms with Crippen LogP contribution < -0.4 is 0 Å². The van der Waals surface area contributed by atoms with Crippen molar-refractivity contribution >= 4 is 6.08 Å². The quantitative estimate of drug-likeness (QED) is 0.541. The Hall–Kier alpha value is -1.60. The molecule has 1 aliphatic rings. The monoisotopic (exact) mass is 189 g/mol. The van der Waals surface area contributed by atoms with Crippen molar-refractivity contribution in [3.8, 4) is 5.75 Å². The third kappa shape index (κ3) is 1.14. The van der Waals surface area contributed by atoms with Gasteiger partial charge in [0.15, 0.2) is 0 Å². The minimum Gasteiger partial charge on any atom is -0.508 e. The van der Waals surface area contributed by atoms with Gasteiger partial charge in [0.25, 0.3) is 0 Å². The molecule has 1 aromatic carbocycles. The lowest BCUT2D eigenvalue weighted by Gasteiger charge is -2.17. The van der Waals surface area contributed by atoms with Crippen LogP contribution in [0, 0.1) is 0 Å². The molecule has 0 heterocycles. The topological polar surface area (TPSA) is 49.7 Å². The molecule has 1 unspecified atom stereocenters. The second-order valence-corrected chi connectivity index (χ2v) is 3.78. The second kappa shape index (κ2) is 2.96. The molecule has 72 valence electrons. The van der Waals surface area contributed by atoms with Gasteiger partial charge in [-0.3, -0.25) is 0 Å². The number of hydrogen-bond donors (Lipinski definition) is 1. The Labute approximate surface area is 82.1 Å². The molecule has 1 aliphatic carbocycles. The van der Waals surface area contributed by atoms with Crippen LogP contribution in [0.5, 0.6) is 5.75 Å². The zero-order valence-electron chi connectivity index (χ0n) is 7.95. The Bertz CT molecular complexity index is 421. The summed E-state index contributed by atoms with van der Waals surface area (Å²) in [5.74, 6) is 0.298. The third-order valence-electron chi connectivity index (χ3n) is 2.89. The molecule has 14 heavy (non-hydrogen) atoms. The highest BCUT2D eigenvalue weighted by atomic mass is 16.3. The van der Waals surface area contributed by atoms with E-state index in [4.69, 9.17) is 0 Å². The molecule has 0 aliphatic heterocycles. The summed E-state index contributed by atoms with van der Waals surface area (Å²) >= 11 is 0. The number of rotatable bonds is 1. The molecule has 0 amide bonds. The molecule has 0 saturated carbocycles. The zero-order chi connectivity index (χ0) is 10.2. The van der Waals surface area contributed by atoms with Gasteiger partial charge in [-0.15, -0.1) is 0 Å². The lowest BCUT2D eigenvalue weighted by molar-refractivity contribution is 0.469. The van der Waals surface area contributed by atoms with Gasteiger partial charge in [-0.2, -0.15) is 4.99 Å². The van der Waals surface area contributed by atoms with E-state index in [1.807, 2.05) is 13.0 Å². The maximum atomic E-state index is 10.3. The van der Waals surface area contributed by atoms with Gasteiger partial charge in [0, 0.05) is 0 Å². The van der Waals surface area contributed by atoms with Crippen molar-refractivity contribution in [2.75, 3.05) is 0 Å². The fourth-order valence-electron chi connectivity index (χ4n) is 2.06. The van der Waals surface area contributed by atoms with Crippen molar-refractivity contribution < 1.29 is 9.90 Å². The minimum absolute atomic E-state index is 0.298. The van der Waals surface area contributed by atoms with Crippen LogP contribution >= 0.6 is 0 Å². The van der Waals surface area contributed by atoms with Crippen LogP contribution in [0.25, 0.3) is 0 Å². The Morgan fingerprint density at radius 1 is 1.57 bits per heavy atom. The number of nitrogens with zero attached hydrogens (tertiary/aromatic N) is 1. The number of carbonyl (C=O) groups excluding carboxylic acids is 1. The van der Waals surface area contributed by atoms with Crippen molar-refractivity contribution in [1.29, 1.82) is 0 Å². The number of isocyanates is 1. The van der Waals surface area contributed by atoms with Gasteiger partial charge in [-0.1, -0.05) is 12.1 Å². The summed E-state index contributed by atoms with van der Waals surface area (Å²) in [7, 11) is 0. The van der Waals surface area contributed by atoms with Crippen LogP contribution in [0.15, 0.2) is 23.2 Å². The van der Waals surface area contributed by atoms with Crippen LogP contribution in [0.3, 0.4) is 0 Å². The average Bonchev–Trinajstić information content (AvgIpc) is 2.47. The molecular weight excluding hydrogens is 178 g/mol. The summed E-state index contributed by atoms with van der Waals surface area (Å²) in [4.78, 5) is 14.1. The standard InChI is InChI=1S/C11H11NO2/c1-11(12-7-13)6-5-8-9(11)3-2-4-10(8)14/h2-4,14H,5-6H2,1H3. The van der Waals surface area contributed by atoms with E-state index in [2.05, 4.69) is 4.99 Å². The first kappa shape index (κ1) is 8.97. The molecule has 2 rings (SSSR count). The lowest BCUT2D eigenvalue weighted by Crippen LogP contribution is -2.14. The highest BCUT2D eigenvalue weighted by Gasteiger charge is 2.35. The van der Waals surface area contributed by atoms with Crippen molar-refractivity contribution in [2.24, 2.45) is 4.99 Å². The van der Waals surface area contributed by atoms with E-state index < -0.39 is 5.54 Å². The van der Waals surface area contributed by atoms with Crippen LogP contribution in [0.4, 0.5) is 0 Å². The van der Waals surface area contributed by atoms with Crippen LogP contribution in [-0.4, -0.2) is 11.2 Å². The summed E-state index contributed by atoms with van der Waals surface area (Å²) in [6, 6.07) is 5.34. The largest absolute Gasteiger partial charge is 0.508 e. The molecule has 0 spiro atoms. The van der Waals surface area contributed by atoms with Crippen molar-refractivity contribution in [3.63, 3.8) is 0 Å². The summed E-state index contributed by atoms with van der Waals surface area (Å²) in [6.45, 7) is 1.89. The highest BCUT2D eigenvalue weighted by molar-refractivity contribution is 5.49. The minimum atomic E-state index is -0.490. The molecule has 0 radical (unpaired) electrons. The highest BCUT2D eigenvalue weighted by Crippen LogP contribution is 2.42. The van der Waals surface area contributed by atoms with Crippen molar-refractivity contribution in [3.05, 3.63) is 29.3 Å². The number of fused-ring (bicyclic) bond motifs is 1. The molecule has 0 aromatic heterocycles. The lowest BCUT2D eigenvalue weighted by atomic mass is 9.95. The Morgan fingerprint density at radius 2 is 2.36 bits per heavy atom. The number of phenolic OH excluding ortho intramolecular Hbond substituents is 1. The summed E-state index contributed by atoms with van der Waals surface area (Å²) < 4.78 is 0. The molecular formula is C11H11NO2. The van der Waals surface area contributed by atoms with E-state index >= 15 is 0 Å². The molecule has 0 bridgehead atoms. The Morgan fingerprint density at radius 3 is 3.07 bits per heavy atom. The van der Waals surface area contributed by atoms with E-state index in [0.29, 0.717) is 5.75 Å². The van der Waals surface area contributed by atoms with Gasteiger partial charge in [0.2, 0.25) is 6.08 Å². The number of benzene rings is 1. The van der Waals surface area contributed by atoms with Crippen molar-refractivity contribution in [1.82, 2.24) is 0 Å². The summed E-state index contributed by atoms with van der Waals surface area (Å²) in [5, 5.41) is 9.59. The molecule has 1 atom stereocenters. The Balaban J connectivity index is 2.60. The molecule has 0 saturated heterocycles. The summed E-state index contributed by atoms with van der Waals surface area (Å²) in [6.07, 6.45) is 3.13. The predicted octanol–water partition coefficient (Wildman–Crippen LogP) is 1.89. The average molecular weight is 189 g/mol. The maximum Gasteiger partial charge on any atom is 0.235 e. The fraction of sp³-hybridized carbons (Fsp3) is 0.364. The molecule has 3 nitrogen and oxygen atoms in total.